The van der Waals surface area contributed by atoms with Gasteiger partial charge in [0.05, 0.1) is 11.8 Å². The molecule has 0 aliphatic carbocycles. The van der Waals surface area contributed by atoms with Crippen molar-refractivity contribution in [2.45, 2.75) is 0 Å². The first-order chi connectivity index (χ1) is 7.59. The maximum Gasteiger partial charge on any atom is 0.374 e. The molecule has 0 amide bonds. The number of oxazole rings is 1. The number of hydrogen-bond donors (Lipinski definition) is 2. The minimum atomic E-state index is -1.49. The van der Waals surface area contributed by atoms with E-state index in [1.165, 1.54) is 18.6 Å². The fourth-order valence-electron chi connectivity index (χ4n) is 1.12. The summed E-state index contributed by atoms with van der Waals surface area (Å²) in [5.74, 6) is -3.76. The molecule has 16 heavy (non-hydrogen) atoms. The van der Waals surface area contributed by atoms with Crippen LogP contribution in [0.2, 0.25) is 0 Å². The van der Waals surface area contributed by atoms with Crippen LogP contribution in [-0.2, 0) is 0 Å². The van der Waals surface area contributed by atoms with Crippen molar-refractivity contribution in [1.29, 1.82) is 0 Å². The van der Waals surface area contributed by atoms with Crippen LogP contribution in [0.25, 0.3) is 11.5 Å². The Hall–Kier alpha value is -2.57. The predicted octanol–water partition coefficient (Wildman–Crippen LogP) is 1.33. The lowest BCUT2D eigenvalue weighted by Crippen LogP contribution is -2.05. The van der Waals surface area contributed by atoms with Gasteiger partial charge in [-0.05, 0) is 6.07 Å². The largest absolute Gasteiger partial charge is 0.476 e. The molecule has 2 aromatic heterocycles. The molecule has 0 unspecified atom stereocenters. The normalized spacial score (nSPS) is 10.2. The number of aromatic nitrogens is 1. The Balaban J connectivity index is 2.55. The van der Waals surface area contributed by atoms with Crippen LogP contribution in [0.15, 0.2) is 27.4 Å². The number of nitrogens with zero attached hydrogens (tertiary/aromatic N) is 1. The SMILES string of the molecule is O=C(O)c1nc(-c2ccoc2)oc1C(=O)O. The predicted molar refractivity (Wildman–Crippen MR) is 48.1 cm³/mol. The number of carboxylic acids is 2. The van der Waals surface area contributed by atoms with Gasteiger partial charge in [-0.15, -0.1) is 0 Å². The number of furan rings is 1. The van der Waals surface area contributed by atoms with Gasteiger partial charge in [0.15, 0.2) is 0 Å². The molecule has 0 aromatic carbocycles. The molecule has 0 bridgehead atoms. The van der Waals surface area contributed by atoms with Gasteiger partial charge in [-0.1, -0.05) is 0 Å². The highest BCUT2D eigenvalue weighted by molar-refractivity contribution is 5.98. The summed E-state index contributed by atoms with van der Waals surface area (Å²) in [5.41, 5.74) is -0.265. The Labute approximate surface area is 87.9 Å². The van der Waals surface area contributed by atoms with Gasteiger partial charge in [-0.25, -0.2) is 14.6 Å². The third-order valence-corrected chi connectivity index (χ3v) is 1.79. The topological polar surface area (TPSA) is 114 Å². The molecule has 0 atom stereocenters. The second-order valence-corrected chi connectivity index (χ2v) is 2.82. The van der Waals surface area contributed by atoms with Crippen molar-refractivity contribution in [2.75, 3.05) is 0 Å². The Kier molecular flexibility index (Phi) is 2.20. The van der Waals surface area contributed by atoms with Crippen LogP contribution in [-0.4, -0.2) is 27.1 Å². The van der Waals surface area contributed by atoms with Gasteiger partial charge in [0.2, 0.25) is 17.3 Å². The van der Waals surface area contributed by atoms with Crippen LogP contribution < -0.4 is 0 Å². The lowest BCUT2D eigenvalue weighted by molar-refractivity contribution is 0.0624. The molecule has 2 heterocycles. The van der Waals surface area contributed by atoms with Crippen molar-refractivity contribution in [3.63, 3.8) is 0 Å². The summed E-state index contributed by atoms with van der Waals surface area (Å²) >= 11 is 0. The smallest absolute Gasteiger partial charge is 0.374 e. The highest BCUT2D eigenvalue weighted by atomic mass is 16.4. The van der Waals surface area contributed by atoms with E-state index in [0.717, 1.165) is 0 Å². The summed E-state index contributed by atoms with van der Waals surface area (Å²) < 4.78 is 9.57. The lowest BCUT2D eigenvalue weighted by atomic mass is 10.3. The van der Waals surface area contributed by atoms with E-state index in [4.69, 9.17) is 19.0 Å². The Morgan fingerprint density at radius 3 is 2.44 bits per heavy atom. The molecule has 0 radical (unpaired) electrons. The maximum absolute atomic E-state index is 10.7. The molecular weight excluding hydrogens is 218 g/mol. The van der Waals surface area contributed by atoms with E-state index in [-0.39, 0.29) is 5.89 Å². The molecule has 7 heteroatoms. The minimum Gasteiger partial charge on any atom is -0.476 e. The molecule has 0 spiro atoms. The van der Waals surface area contributed by atoms with E-state index in [9.17, 15) is 9.59 Å². The van der Waals surface area contributed by atoms with Crippen LogP contribution in [0.3, 0.4) is 0 Å². The van der Waals surface area contributed by atoms with Gasteiger partial charge >= 0.3 is 11.9 Å². The standard InChI is InChI=1S/C9H5NO6/c11-8(12)5-6(9(13)14)16-7(10-5)4-1-2-15-3-4/h1-3H,(H,11,12)(H,13,14). The monoisotopic (exact) mass is 223 g/mol. The number of hydrogen-bond acceptors (Lipinski definition) is 5. The zero-order valence-corrected chi connectivity index (χ0v) is 7.71. The first-order valence-electron chi connectivity index (χ1n) is 4.09. The third kappa shape index (κ3) is 1.54. The molecule has 2 aromatic rings. The van der Waals surface area contributed by atoms with Crippen LogP contribution in [0.4, 0.5) is 0 Å². The summed E-state index contributed by atoms with van der Waals surface area (Å²) in [4.78, 5) is 25.0. The molecule has 0 saturated carbocycles. The van der Waals surface area contributed by atoms with E-state index in [1.54, 1.807) is 0 Å². The zero-order chi connectivity index (χ0) is 11.7. The van der Waals surface area contributed by atoms with Gasteiger partial charge in [0.1, 0.15) is 6.26 Å². The van der Waals surface area contributed by atoms with Crippen LogP contribution in [0, 0.1) is 0 Å². The molecule has 7 nitrogen and oxygen atoms in total. The number of rotatable bonds is 3. The van der Waals surface area contributed by atoms with Crippen molar-refractivity contribution >= 4 is 11.9 Å². The fraction of sp³-hybridized carbons (Fsp3) is 0. The van der Waals surface area contributed by atoms with Gasteiger partial charge in [-0.2, -0.15) is 0 Å². The highest BCUT2D eigenvalue weighted by Crippen LogP contribution is 2.22. The van der Waals surface area contributed by atoms with Gasteiger partial charge in [-0.3, -0.25) is 0 Å². The summed E-state index contributed by atoms with van der Waals surface area (Å²) in [6.45, 7) is 0. The maximum atomic E-state index is 10.7. The van der Waals surface area contributed by atoms with Crippen LogP contribution in [0.1, 0.15) is 21.0 Å². The fourth-order valence-corrected chi connectivity index (χ4v) is 1.12. The molecule has 0 saturated heterocycles. The van der Waals surface area contributed by atoms with Crippen LogP contribution in [0.5, 0.6) is 0 Å². The van der Waals surface area contributed by atoms with Crippen molar-refractivity contribution in [3.05, 3.63) is 30.0 Å². The minimum absolute atomic E-state index is 0.108. The Bertz CT molecular complexity index is 507. The molecule has 82 valence electrons. The molecular formula is C9H5NO6. The number of carbonyl (C=O) groups is 2. The average molecular weight is 223 g/mol. The molecule has 0 aliphatic rings. The molecule has 2 rings (SSSR count). The van der Waals surface area contributed by atoms with Crippen molar-refractivity contribution < 1.29 is 28.6 Å². The summed E-state index contributed by atoms with van der Waals surface area (Å²) in [6, 6.07) is 1.48. The van der Waals surface area contributed by atoms with Crippen molar-refractivity contribution in [1.82, 2.24) is 4.98 Å². The Morgan fingerprint density at radius 2 is 2.00 bits per heavy atom. The molecule has 0 fully saturated rings. The van der Waals surface area contributed by atoms with Gasteiger partial charge in [0.25, 0.3) is 0 Å². The van der Waals surface area contributed by atoms with Crippen LogP contribution >= 0.6 is 0 Å². The van der Waals surface area contributed by atoms with E-state index in [1.807, 2.05) is 0 Å². The van der Waals surface area contributed by atoms with Crippen molar-refractivity contribution in [2.24, 2.45) is 0 Å². The first kappa shape index (κ1) is 9.97. The van der Waals surface area contributed by atoms with E-state index < -0.39 is 23.4 Å². The quantitative estimate of drug-likeness (QED) is 0.806. The molecule has 2 N–H and O–H groups in total. The van der Waals surface area contributed by atoms with Gasteiger partial charge < -0.3 is 19.0 Å². The second-order valence-electron chi connectivity index (χ2n) is 2.82. The van der Waals surface area contributed by atoms with Crippen molar-refractivity contribution in [3.8, 4) is 11.5 Å². The summed E-state index contributed by atoms with van der Waals surface area (Å²) in [7, 11) is 0. The second kappa shape index (κ2) is 3.54. The molecule has 0 aliphatic heterocycles. The zero-order valence-electron chi connectivity index (χ0n) is 7.71. The van der Waals surface area contributed by atoms with E-state index >= 15 is 0 Å². The summed E-state index contributed by atoms with van der Waals surface area (Å²) in [5, 5.41) is 17.4. The Morgan fingerprint density at radius 1 is 1.25 bits per heavy atom. The summed E-state index contributed by atoms with van der Waals surface area (Å²) in [6.07, 6.45) is 2.60. The van der Waals surface area contributed by atoms with E-state index in [2.05, 4.69) is 4.98 Å². The third-order valence-electron chi connectivity index (χ3n) is 1.79. The number of carboxylic acid groups (broad SMARTS) is 2. The van der Waals surface area contributed by atoms with Gasteiger partial charge in [0, 0.05) is 0 Å². The van der Waals surface area contributed by atoms with E-state index in [0.29, 0.717) is 5.56 Å². The average Bonchev–Trinajstić information content (AvgIpc) is 2.86. The number of aromatic carboxylic acids is 2. The lowest BCUT2D eigenvalue weighted by Gasteiger charge is -1.87. The highest BCUT2D eigenvalue weighted by Gasteiger charge is 2.25. The first-order valence-corrected chi connectivity index (χ1v) is 4.09.